The van der Waals surface area contributed by atoms with Crippen LogP contribution in [0, 0.1) is 0 Å². The number of carbonyl (C=O) groups excluding carboxylic acids is 1. The normalized spacial score (nSPS) is 17.8. The van der Waals surface area contributed by atoms with Crippen molar-refractivity contribution in [1.29, 1.82) is 0 Å². The van der Waals surface area contributed by atoms with Gasteiger partial charge in [0.15, 0.2) is 5.58 Å². The second-order valence-corrected chi connectivity index (χ2v) is 9.05. The molecular formula is C22H19Cl2F3N2O3. The van der Waals surface area contributed by atoms with Crippen LogP contribution in [0.1, 0.15) is 30.6 Å². The van der Waals surface area contributed by atoms with Crippen LogP contribution in [0.4, 0.5) is 13.2 Å². The number of hydrogen-bond acceptors (Lipinski definition) is 5. The number of carbonyl (C=O) groups is 1. The fourth-order valence-corrected chi connectivity index (χ4v) is 4.11. The van der Waals surface area contributed by atoms with E-state index < -0.39 is 23.8 Å². The topological polar surface area (TPSA) is 55.6 Å². The molecule has 2 heterocycles. The maximum atomic E-state index is 13.3. The summed E-state index contributed by atoms with van der Waals surface area (Å²) in [6.07, 6.45) is -4.68. The fourth-order valence-electron chi connectivity index (χ4n) is 3.58. The minimum absolute atomic E-state index is 0.0163. The third-order valence-electron chi connectivity index (χ3n) is 5.64. The summed E-state index contributed by atoms with van der Waals surface area (Å²) in [5.41, 5.74) is -0.311. The highest BCUT2D eigenvalue weighted by Crippen LogP contribution is 2.37. The summed E-state index contributed by atoms with van der Waals surface area (Å²) in [6.45, 7) is 2.46. The van der Waals surface area contributed by atoms with E-state index in [1.54, 1.807) is 24.3 Å². The van der Waals surface area contributed by atoms with Crippen LogP contribution in [0.5, 0.6) is 0 Å². The number of hydrogen-bond donors (Lipinski definition) is 0. The zero-order valence-electron chi connectivity index (χ0n) is 17.2. The van der Waals surface area contributed by atoms with Gasteiger partial charge in [0.1, 0.15) is 17.2 Å². The molecule has 0 N–H and O–H groups in total. The summed E-state index contributed by atoms with van der Waals surface area (Å²) in [5, 5.41) is 0.858. The Kier molecular flexibility index (Phi) is 5.90. The zero-order valence-corrected chi connectivity index (χ0v) is 18.7. The average molecular weight is 487 g/mol. The van der Waals surface area contributed by atoms with Gasteiger partial charge in [-0.1, -0.05) is 23.2 Å². The molecule has 3 aromatic rings. The lowest BCUT2D eigenvalue weighted by atomic mass is 10.0. The van der Waals surface area contributed by atoms with Crippen molar-refractivity contribution in [2.45, 2.75) is 38.1 Å². The molecule has 1 aliphatic rings. The number of oxazole rings is 1. The largest absolute Gasteiger partial charge is 0.457 e. The molecule has 1 unspecified atom stereocenters. The molecule has 1 atom stereocenters. The van der Waals surface area contributed by atoms with Gasteiger partial charge in [0.05, 0.1) is 5.56 Å². The minimum Gasteiger partial charge on any atom is -0.457 e. The van der Waals surface area contributed by atoms with E-state index in [4.69, 9.17) is 32.4 Å². The molecule has 32 heavy (non-hydrogen) atoms. The molecule has 1 aromatic heterocycles. The van der Waals surface area contributed by atoms with Crippen molar-refractivity contribution in [1.82, 2.24) is 9.88 Å². The second kappa shape index (κ2) is 8.24. The molecule has 170 valence electrons. The Labute approximate surface area is 192 Å². The lowest BCUT2D eigenvalue weighted by molar-refractivity contribution is -0.218. The van der Waals surface area contributed by atoms with Crippen molar-refractivity contribution in [3.63, 3.8) is 0 Å². The molecule has 1 fully saturated rings. The van der Waals surface area contributed by atoms with Crippen LogP contribution in [-0.2, 0) is 4.74 Å². The Morgan fingerprint density at radius 2 is 1.84 bits per heavy atom. The van der Waals surface area contributed by atoms with Crippen molar-refractivity contribution in [2.75, 3.05) is 13.1 Å². The van der Waals surface area contributed by atoms with Gasteiger partial charge in [-0.25, -0.2) is 9.78 Å². The van der Waals surface area contributed by atoms with Gasteiger partial charge in [0, 0.05) is 28.7 Å². The number of alkyl halides is 3. The molecule has 0 aliphatic carbocycles. The van der Waals surface area contributed by atoms with Crippen LogP contribution >= 0.6 is 23.2 Å². The van der Waals surface area contributed by atoms with Crippen LogP contribution in [0.15, 0.2) is 40.8 Å². The lowest BCUT2D eigenvalue weighted by Crippen LogP contribution is -2.53. The summed E-state index contributed by atoms with van der Waals surface area (Å²) in [5.74, 6) is -0.344. The Bertz CT molecular complexity index is 1160. The van der Waals surface area contributed by atoms with Crippen molar-refractivity contribution in [3.05, 3.63) is 52.0 Å². The number of nitrogens with zero attached hydrogens (tertiary/aromatic N) is 2. The monoisotopic (exact) mass is 486 g/mol. The van der Waals surface area contributed by atoms with Gasteiger partial charge in [0.2, 0.25) is 5.89 Å². The number of halogens is 5. The predicted molar refractivity (Wildman–Crippen MR) is 115 cm³/mol. The van der Waals surface area contributed by atoms with Crippen molar-refractivity contribution >= 4 is 40.3 Å². The lowest BCUT2D eigenvalue weighted by Gasteiger charge is -2.36. The Morgan fingerprint density at radius 3 is 2.50 bits per heavy atom. The smallest absolute Gasteiger partial charge is 0.406 e. The molecule has 0 bridgehead atoms. The Balaban J connectivity index is 1.49. The maximum absolute atomic E-state index is 13.3. The molecule has 2 aromatic carbocycles. The summed E-state index contributed by atoms with van der Waals surface area (Å²) < 4.78 is 51.0. The average Bonchev–Trinajstić information content (AvgIpc) is 3.32. The van der Waals surface area contributed by atoms with E-state index in [9.17, 15) is 18.0 Å². The standard InChI is InChI=1S/C22H19Cl2F3N2O3/c1-21(2,22(25,26)27)29-6-5-16(11-29)31-20(30)12-3-4-17-18(9-12)32-19(28-17)13-7-14(23)10-15(24)8-13/h3-4,7-10,16H,5-6,11H2,1-2H3. The first-order chi connectivity index (χ1) is 14.9. The molecule has 10 heteroatoms. The predicted octanol–water partition coefficient (Wildman–Crippen LogP) is 6.37. The van der Waals surface area contributed by atoms with Crippen LogP contribution in [-0.4, -0.2) is 46.8 Å². The summed E-state index contributed by atoms with van der Waals surface area (Å²) in [7, 11) is 0. The van der Waals surface area contributed by atoms with E-state index in [0.717, 1.165) is 13.8 Å². The number of benzene rings is 2. The SMILES string of the molecule is CC(C)(N1CCC(OC(=O)c2ccc3nc(-c4cc(Cl)cc(Cl)c4)oc3c2)C1)C(F)(F)F. The first-order valence-electron chi connectivity index (χ1n) is 9.84. The van der Waals surface area contributed by atoms with E-state index in [2.05, 4.69) is 4.98 Å². The zero-order chi connectivity index (χ0) is 23.3. The van der Waals surface area contributed by atoms with Crippen LogP contribution in [0.3, 0.4) is 0 Å². The van der Waals surface area contributed by atoms with Crippen LogP contribution < -0.4 is 0 Å². The quantitative estimate of drug-likeness (QED) is 0.400. The van der Waals surface area contributed by atoms with Gasteiger partial charge < -0.3 is 9.15 Å². The molecule has 0 radical (unpaired) electrons. The molecule has 5 nitrogen and oxygen atoms in total. The highest BCUT2D eigenvalue weighted by atomic mass is 35.5. The minimum atomic E-state index is -4.38. The molecule has 4 rings (SSSR count). The molecular weight excluding hydrogens is 468 g/mol. The number of esters is 1. The van der Waals surface area contributed by atoms with Crippen molar-refractivity contribution in [3.8, 4) is 11.5 Å². The van der Waals surface area contributed by atoms with Gasteiger partial charge in [-0.3, -0.25) is 4.90 Å². The molecule has 0 spiro atoms. The van der Waals surface area contributed by atoms with Crippen LogP contribution in [0.25, 0.3) is 22.6 Å². The molecule has 1 saturated heterocycles. The van der Waals surface area contributed by atoms with Gasteiger partial charge in [-0.2, -0.15) is 13.2 Å². The number of ether oxygens (including phenoxy) is 1. The van der Waals surface area contributed by atoms with Gasteiger partial charge in [-0.15, -0.1) is 0 Å². The first-order valence-corrected chi connectivity index (χ1v) is 10.6. The number of likely N-dealkylation sites (tertiary alicyclic amines) is 1. The number of aromatic nitrogens is 1. The third kappa shape index (κ3) is 4.44. The molecule has 0 saturated carbocycles. The van der Waals surface area contributed by atoms with Crippen LogP contribution in [0.2, 0.25) is 10.0 Å². The summed E-state index contributed by atoms with van der Waals surface area (Å²) in [6, 6.07) is 9.53. The van der Waals surface area contributed by atoms with E-state index in [1.807, 2.05) is 0 Å². The summed E-state index contributed by atoms with van der Waals surface area (Å²) in [4.78, 5) is 18.3. The van der Waals surface area contributed by atoms with Gasteiger partial charge >= 0.3 is 12.1 Å². The van der Waals surface area contributed by atoms with Gasteiger partial charge in [-0.05, 0) is 56.7 Å². The van der Waals surface area contributed by atoms with E-state index in [-0.39, 0.29) is 24.5 Å². The van der Waals surface area contributed by atoms with E-state index in [1.165, 1.54) is 17.0 Å². The van der Waals surface area contributed by atoms with E-state index >= 15 is 0 Å². The highest BCUT2D eigenvalue weighted by Gasteiger charge is 2.53. The molecule has 1 aliphatic heterocycles. The first kappa shape index (κ1) is 22.9. The molecule has 0 amide bonds. The van der Waals surface area contributed by atoms with E-state index in [0.29, 0.717) is 33.1 Å². The number of rotatable bonds is 4. The van der Waals surface area contributed by atoms with Crippen molar-refractivity contribution in [2.24, 2.45) is 0 Å². The third-order valence-corrected chi connectivity index (χ3v) is 6.07. The second-order valence-electron chi connectivity index (χ2n) is 8.18. The fraction of sp³-hybridized carbons (Fsp3) is 0.364. The Morgan fingerprint density at radius 1 is 1.16 bits per heavy atom. The Hall–Kier alpha value is -2.29. The summed E-state index contributed by atoms with van der Waals surface area (Å²) >= 11 is 12.1. The van der Waals surface area contributed by atoms with Crippen molar-refractivity contribution < 1.29 is 27.1 Å². The maximum Gasteiger partial charge on any atom is 0.406 e. The highest BCUT2D eigenvalue weighted by molar-refractivity contribution is 6.35. The number of fused-ring (bicyclic) bond motifs is 1. The van der Waals surface area contributed by atoms with Gasteiger partial charge in [0.25, 0.3) is 0 Å².